The highest BCUT2D eigenvalue weighted by Crippen LogP contribution is 2.03. The Labute approximate surface area is 55.9 Å². The van der Waals surface area contributed by atoms with E-state index >= 15 is 0 Å². The van der Waals surface area contributed by atoms with Gasteiger partial charge in [-0.25, -0.2) is 0 Å². The van der Waals surface area contributed by atoms with Gasteiger partial charge in [0.05, 0.1) is 0 Å². The molecule has 0 aromatic heterocycles. The molecule has 0 atom stereocenters. The zero-order valence-corrected chi connectivity index (χ0v) is 6.13. The van der Waals surface area contributed by atoms with Gasteiger partial charge in [-0.05, 0) is 13.8 Å². The number of allylic oxidation sites excluding steroid dienone is 3. The lowest BCUT2D eigenvalue weighted by molar-refractivity contribution is 1.34. The zero-order chi connectivity index (χ0) is 6.57. The van der Waals surface area contributed by atoms with Gasteiger partial charge in [-0.3, -0.25) is 0 Å². The van der Waals surface area contributed by atoms with Gasteiger partial charge < -0.3 is 0 Å². The molecule has 0 nitrogen and oxygen atoms in total. The molecule has 0 amide bonds. The van der Waals surface area contributed by atoms with Crippen molar-refractivity contribution in [1.82, 2.24) is 0 Å². The predicted octanol–water partition coefficient (Wildman–Crippen LogP) is 2.75. The van der Waals surface area contributed by atoms with Crippen LogP contribution in [0.5, 0.6) is 0 Å². The van der Waals surface area contributed by atoms with Crippen LogP contribution >= 0.6 is 11.6 Å². The summed E-state index contributed by atoms with van der Waals surface area (Å²) in [5.74, 6) is 0.582. The lowest BCUT2D eigenvalue weighted by atomic mass is 10.1. The van der Waals surface area contributed by atoms with Crippen LogP contribution in [-0.2, 0) is 0 Å². The second-order valence-corrected chi connectivity index (χ2v) is 2.13. The molecular weight excluding hydrogens is 120 g/mol. The third-order valence-corrected chi connectivity index (χ3v) is 1.21. The quantitative estimate of drug-likeness (QED) is 0.398. The van der Waals surface area contributed by atoms with Crippen molar-refractivity contribution in [2.45, 2.75) is 13.8 Å². The van der Waals surface area contributed by atoms with Crippen LogP contribution in [0.3, 0.4) is 0 Å². The Balaban J connectivity index is 3.80. The molecule has 0 heterocycles. The standard InChI is InChI=1S/C7H11Cl/c1-6(2)7(3)4-5-8/h4H,1,5H2,2-3H3/b7-4+. The lowest BCUT2D eigenvalue weighted by Crippen LogP contribution is -1.75. The molecule has 46 valence electrons. The minimum Gasteiger partial charge on any atom is -0.122 e. The van der Waals surface area contributed by atoms with Gasteiger partial charge in [0.25, 0.3) is 0 Å². The zero-order valence-electron chi connectivity index (χ0n) is 5.37. The highest BCUT2D eigenvalue weighted by molar-refractivity contribution is 6.18. The first-order valence-corrected chi connectivity index (χ1v) is 3.10. The Hall–Kier alpha value is -0.230. The number of halogens is 1. The Kier molecular flexibility index (Phi) is 3.63. The predicted molar refractivity (Wildman–Crippen MR) is 39.3 cm³/mol. The summed E-state index contributed by atoms with van der Waals surface area (Å²) in [5, 5.41) is 0. The van der Waals surface area contributed by atoms with E-state index in [1.165, 1.54) is 5.57 Å². The van der Waals surface area contributed by atoms with Crippen LogP contribution < -0.4 is 0 Å². The molecule has 0 N–H and O–H groups in total. The van der Waals surface area contributed by atoms with E-state index in [2.05, 4.69) is 6.58 Å². The molecule has 0 aliphatic heterocycles. The molecule has 0 fully saturated rings. The molecule has 0 aromatic rings. The average molecular weight is 131 g/mol. The van der Waals surface area contributed by atoms with Crippen LogP contribution in [-0.4, -0.2) is 5.88 Å². The van der Waals surface area contributed by atoms with Gasteiger partial charge in [-0.1, -0.05) is 23.8 Å². The highest BCUT2D eigenvalue weighted by atomic mass is 35.5. The average Bonchev–Trinajstić information content (AvgIpc) is 1.67. The Bertz CT molecular complexity index is 112. The highest BCUT2D eigenvalue weighted by Gasteiger charge is 1.84. The van der Waals surface area contributed by atoms with Crippen molar-refractivity contribution < 1.29 is 0 Å². The van der Waals surface area contributed by atoms with Crippen molar-refractivity contribution in [2.24, 2.45) is 0 Å². The van der Waals surface area contributed by atoms with Crippen LogP contribution in [0, 0.1) is 0 Å². The van der Waals surface area contributed by atoms with E-state index in [-0.39, 0.29) is 0 Å². The van der Waals surface area contributed by atoms with Gasteiger partial charge >= 0.3 is 0 Å². The van der Waals surface area contributed by atoms with Crippen molar-refractivity contribution in [2.75, 3.05) is 5.88 Å². The molecule has 0 radical (unpaired) electrons. The summed E-state index contributed by atoms with van der Waals surface area (Å²) in [4.78, 5) is 0. The fraction of sp³-hybridized carbons (Fsp3) is 0.429. The second-order valence-electron chi connectivity index (χ2n) is 1.82. The summed E-state index contributed by atoms with van der Waals surface area (Å²) < 4.78 is 0. The van der Waals surface area contributed by atoms with Crippen LogP contribution in [0.2, 0.25) is 0 Å². The fourth-order valence-electron chi connectivity index (χ4n) is 0.290. The summed E-state index contributed by atoms with van der Waals surface area (Å²) >= 11 is 5.42. The minimum atomic E-state index is 0.582. The molecule has 0 rings (SSSR count). The van der Waals surface area contributed by atoms with E-state index in [1.54, 1.807) is 0 Å². The van der Waals surface area contributed by atoms with Gasteiger partial charge in [0, 0.05) is 5.88 Å². The Morgan fingerprint density at radius 3 is 2.25 bits per heavy atom. The van der Waals surface area contributed by atoms with E-state index in [9.17, 15) is 0 Å². The maximum absolute atomic E-state index is 5.42. The monoisotopic (exact) mass is 130 g/mol. The molecule has 8 heavy (non-hydrogen) atoms. The summed E-state index contributed by atoms with van der Waals surface area (Å²) in [6.07, 6.45) is 1.95. The molecule has 0 spiro atoms. The number of hydrogen-bond acceptors (Lipinski definition) is 0. The SMILES string of the molecule is C=C(C)/C(C)=C/CCl. The second kappa shape index (κ2) is 3.73. The molecule has 0 unspecified atom stereocenters. The number of rotatable bonds is 2. The summed E-state index contributed by atoms with van der Waals surface area (Å²) in [5.41, 5.74) is 2.27. The summed E-state index contributed by atoms with van der Waals surface area (Å²) in [6, 6.07) is 0. The van der Waals surface area contributed by atoms with Crippen molar-refractivity contribution in [1.29, 1.82) is 0 Å². The first kappa shape index (κ1) is 7.77. The number of alkyl halides is 1. The first-order chi connectivity index (χ1) is 3.68. The molecule has 1 heteroatoms. The van der Waals surface area contributed by atoms with Crippen LogP contribution in [0.4, 0.5) is 0 Å². The van der Waals surface area contributed by atoms with Gasteiger partial charge in [-0.15, -0.1) is 11.6 Å². The largest absolute Gasteiger partial charge is 0.122 e. The van der Waals surface area contributed by atoms with Gasteiger partial charge in [0.15, 0.2) is 0 Å². The van der Waals surface area contributed by atoms with E-state index in [0.717, 1.165) is 5.57 Å². The maximum Gasteiger partial charge on any atom is 0.0409 e. The molecule has 0 saturated heterocycles. The topological polar surface area (TPSA) is 0 Å². The van der Waals surface area contributed by atoms with Gasteiger partial charge in [0.1, 0.15) is 0 Å². The molecular formula is C7H11Cl. The van der Waals surface area contributed by atoms with E-state index in [0.29, 0.717) is 5.88 Å². The first-order valence-electron chi connectivity index (χ1n) is 2.57. The van der Waals surface area contributed by atoms with E-state index in [4.69, 9.17) is 11.6 Å². The molecule has 0 aliphatic carbocycles. The minimum absolute atomic E-state index is 0.582. The molecule has 0 aliphatic rings. The summed E-state index contributed by atoms with van der Waals surface area (Å²) in [6.45, 7) is 7.72. The van der Waals surface area contributed by atoms with Crippen molar-refractivity contribution in [3.63, 3.8) is 0 Å². The molecule has 0 aromatic carbocycles. The van der Waals surface area contributed by atoms with Gasteiger partial charge in [-0.2, -0.15) is 0 Å². The normalized spacial score (nSPS) is 11.6. The lowest BCUT2D eigenvalue weighted by Gasteiger charge is -1.93. The Morgan fingerprint density at radius 1 is 1.62 bits per heavy atom. The third-order valence-electron chi connectivity index (χ3n) is 1.06. The Morgan fingerprint density at radius 2 is 2.12 bits per heavy atom. The van der Waals surface area contributed by atoms with Gasteiger partial charge in [0.2, 0.25) is 0 Å². The van der Waals surface area contributed by atoms with Crippen molar-refractivity contribution in [3.8, 4) is 0 Å². The third kappa shape index (κ3) is 2.86. The van der Waals surface area contributed by atoms with Crippen molar-refractivity contribution in [3.05, 3.63) is 23.8 Å². The van der Waals surface area contributed by atoms with Crippen LogP contribution in [0.1, 0.15) is 13.8 Å². The van der Waals surface area contributed by atoms with Crippen LogP contribution in [0.25, 0.3) is 0 Å². The smallest absolute Gasteiger partial charge is 0.0409 e. The fourth-order valence-corrected chi connectivity index (χ4v) is 0.521. The maximum atomic E-state index is 5.42. The molecule has 0 bridgehead atoms. The summed E-state index contributed by atoms with van der Waals surface area (Å²) in [7, 11) is 0. The van der Waals surface area contributed by atoms with E-state index < -0.39 is 0 Å². The number of hydrogen-bond donors (Lipinski definition) is 0. The van der Waals surface area contributed by atoms with Crippen LogP contribution in [0.15, 0.2) is 23.8 Å². The van der Waals surface area contributed by atoms with Crippen molar-refractivity contribution >= 4 is 11.6 Å². The van der Waals surface area contributed by atoms with E-state index in [1.807, 2.05) is 19.9 Å². The molecule has 0 saturated carbocycles.